The van der Waals surface area contributed by atoms with Gasteiger partial charge >= 0.3 is 0 Å². The number of hydrogen-bond donors (Lipinski definition) is 2. The summed E-state index contributed by atoms with van der Waals surface area (Å²) in [7, 11) is 0. The van der Waals surface area contributed by atoms with E-state index in [4.69, 9.17) is 11.6 Å². The molecule has 0 aromatic heterocycles. The Morgan fingerprint density at radius 2 is 2.00 bits per heavy atom. The number of anilines is 1. The van der Waals surface area contributed by atoms with E-state index < -0.39 is 11.2 Å². The zero-order chi connectivity index (χ0) is 16.2. The van der Waals surface area contributed by atoms with Gasteiger partial charge in [0.25, 0.3) is 0 Å². The van der Waals surface area contributed by atoms with Crippen LogP contribution in [0, 0.1) is 11.2 Å². The maximum absolute atomic E-state index is 13.1. The van der Waals surface area contributed by atoms with Crippen LogP contribution in [0.2, 0.25) is 5.02 Å². The van der Waals surface area contributed by atoms with Gasteiger partial charge in [0.15, 0.2) is 0 Å². The summed E-state index contributed by atoms with van der Waals surface area (Å²) in [5, 5.41) is 5.40. The Bertz CT molecular complexity index is 573. The van der Waals surface area contributed by atoms with E-state index in [1.54, 1.807) is 0 Å². The summed E-state index contributed by atoms with van der Waals surface area (Å²) < 4.78 is 13.1. The number of carbonyl (C=O) groups is 2. The summed E-state index contributed by atoms with van der Waals surface area (Å²) in [6, 6.07) is 3.95. The molecule has 0 bridgehead atoms. The van der Waals surface area contributed by atoms with Gasteiger partial charge in [0, 0.05) is 12.2 Å². The molecule has 2 N–H and O–H groups in total. The van der Waals surface area contributed by atoms with E-state index in [0.717, 1.165) is 19.3 Å². The van der Waals surface area contributed by atoms with Crippen molar-refractivity contribution in [2.24, 2.45) is 5.41 Å². The third-order valence-electron chi connectivity index (χ3n) is 3.86. The molecule has 1 aromatic rings. The van der Waals surface area contributed by atoms with Crippen molar-refractivity contribution in [3.05, 3.63) is 29.0 Å². The number of carbonyl (C=O) groups excluding carboxylic acids is 2. The van der Waals surface area contributed by atoms with Crippen LogP contribution in [0.15, 0.2) is 18.2 Å². The Morgan fingerprint density at radius 3 is 2.59 bits per heavy atom. The van der Waals surface area contributed by atoms with Crippen LogP contribution in [0.5, 0.6) is 0 Å². The molecule has 0 saturated heterocycles. The minimum Gasteiger partial charge on any atom is -0.355 e. The molecule has 120 valence electrons. The van der Waals surface area contributed by atoms with Gasteiger partial charge in [0.05, 0.1) is 5.02 Å². The summed E-state index contributed by atoms with van der Waals surface area (Å²) in [6.07, 6.45) is 4.11. The van der Waals surface area contributed by atoms with Crippen LogP contribution >= 0.6 is 11.6 Å². The Labute approximate surface area is 134 Å². The van der Waals surface area contributed by atoms with Crippen LogP contribution in [0.3, 0.4) is 0 Å². The lowest BCUT2D eigenvalue weighted by molar-refractivity contribution is -0.134. The second kappa shape index (κ2) is 7.09. The lowest BCUT2D eigenvalue weighted by Crippen LogP contribution is -2.40. The monoisotopic (exact) mass is 326 g/mol. The number of nitrogens with one attached hydrogen (secondary N) is 2. The zero-order valence-corrected chi connectivity index (χ0v) is 13.3. The highest BCUT2D eigenvalue weighted by Crippen LogP contribution is 2.46. The summed E-state index contributed by atoms with van der Waals surface area (Å²) in [6.45, 7) is 2.68. The van der Waals surface area contributed by atoms with E-state index in [1.807, 2.05) is 0 Å². The van der Waals surface area contributed by atoms with Crippen LogP contribution in [-0.4, -0.2) is 18.4 Å². The molecule has 4 nitrogen and oxygen atoms in total. The summed E-state index contributed by atoms with van der Waals surface area (Å²) in [5.74, 6) is -1.13. The standard InChI is InChI=1S/C16H20ClFN2O2/c1-2-3-4-9-19-14(21)16(7-8-16)15(22)20-11-5-6-13(18)12(17)10-11/h5-6,10H,2-4,7-9H2,1H3,(H,19,21)(H,20,22). The van der Waals surface area contributed by atoms with Crippen LogP contribution in [0.25, 0.3) is 0 Å². The summed E-state index contributed by atoms with van der Waals surface area (Å²) in [4.78, 5) is 24.5. The Balaban J connectivity index is 1.93. The van der Waals surface area contributed by atoms with Crippen molar-refractivity contribution in [1.29, 1.82) is 0 Å². The minimum atomic E-state index is -0.979. The minimum absolute atomic E-state index is 0.0633. The topological polar surface area (TPSA) is 58.2 Å². The highest BCUT2D eigenvalue weighted by atomic mass is 35.5. The molecular formula is C16H20ClFN2O2. The third kappa shape index (κ3) is 3.77. The fraction of sp³-hybridized carbons (Fsp3) is 0.500. The molecule has 22 heavy (non-hydrogen) atoms. The van der Waals surface area contributed by atoms with E-state index in [1.165, 1.54) is 18.2 Å². The van der Waals surface area contributed by atoms with E-state index in [2.05, 4.69) is 17.6 Å². The second-order valence-electron chi connectivity index (χ2n) is 5.63. The lowest BCUT2D eigenvalue weighted by Gasteiger charge is -2.15. The van der Waals surface area contributed by atoms with E-state index in [9.17, 15) is 14.0 Å². The van der Waals surface area contributed by atoms with Crippen molar-refractivity contribution in [2.45, 2.75) is 39.0 Å². The van der Waals surface area contributed by atoms with Crippen LogP contribution in [-0.2, 0) is 9.59 Å². The fourth-order valence-corrected chi connectivity index (χ4v) is 2.43. The highest BCUT2D eigenvalue weighted by Gasteiger charge is 2.56. The molecule has 1 fully saturated rings. The normalized spacial score (nSPS) is 15.2. The van der Waals surface area contributed by atoms with Gasteiger partial charge in [-0.05, 0) is 37.5 Å². The maximum atomic E-state index is 13.1. The lowest BCUT2D eigenvalue weighted by atomic mass is 10.0. The highest BCUT2D eigenvalue weighted by molar-refractivity contribution is 6.31. The zero-order valence-electron chi connectivity index (χ0n) is 12.5. The Hall–Kier alpha value is -1.62. The molecule has 1 aliphatic rings. The molecule has 1 aliphatic carbocycles. The number of halogens is 2. The van der Waals surface area contributed by atoms with E-state index >= 15 is 0 Å². The largest absolute Gasteiger partial charge is 0.355 e. The van der Waals surface area contributed by atoms with Crippen molar-refractivity contribution < 1.29 is 14.0 Å². The summed E-state index contributed by atoms with van der Waals surface area (Å²) >= 11 is 5.68. The number of hydrogen-bond acceptors (Lipinski definition) is 2. The number of rotatable bonds is 7. The third-order valence-corrected chi connectivity index (χ3v) is 4.15. The maximum Gasteiger partial charge on any atom is 0.240 e. The first-order chi connectivity index (χ1) is 10.5. The predicted molar refractivity (Wildman–Crippen MR) is 84.2 cm³/mol. The predicted octanol–water partition coefficient (Wildman–Crippen LogP) is 3.50. The second-order valence-corrected chi connectivity index (χ2v) is 6.04. The average molecular weight is 327 g/mol. The van der Waals surface area contributed by atoms with Gasteiger partial charge < -0.3 is 10.6 Å². The molecule has 1 aromatic carbocycles. The fourth-order valence-electron chi connectivity index (χ4n) is 2.25. The first-order valence-corrected chi connectivity index (χ1v) is 7.92. The number of unbranched alkanes of at least 4 members (excludes halogenated alkanes) is 2. The Morgan fingerprint density at radius 1 is 1.27 bits per heavy atom. The van der Waals surface area contributed by atoms with E-state index in [-0.39, 0.29) is 16.8 Å². The molecule has 2 amide bonds. The quantitative estimate of drug-likeness (QED) is 0.595. The molecule has 0 spiro atoms. The number of amides is 2. The molecule has 1 saturated carbocycles. The van der Waals surface area contributed by atoms with Crippen molar-refractivity contribution in [2.75, 3.05) is 11.9 Å². The van der Waals surface area contributed by atoms with Gasteiger partial charge in [-0.2, -0.15) is 0 Å². The molecule has 0 radical (unpaired) electrons. The molecule has 0 atom stereocenters. The summed E-state index contributed by atoms with van der Waals surface area (Å²) in [5.41, 5.74) is -0.589. The van der Waals surface area contributed by atoms with Gasteiger partial charge in [0.2, 0.25) is 11.8 Å². The van der Waals surface area contributed by atoms with Gasteiger partial charge in [-0.25, -0.2) is 4.39 Å². The van der Waals surface area contributed by atoms with Crippen molar-refractivity contribution >= 4 is 29.1 Å². The molecule has 0 unspecified atom stereocenters. The SMILES string of the molecule is CCCCCNC(=O)C1(C(=O)Nc2ccc(F)c(Cl)c2)CC1. The van der Waals surface area contributed by atoms with Crippen molar-refractivity contribution in [3.63, 3.8) is 0 Å². The molecular weight excluding hydrogens is 307 g/mol. The van der Waals surface area contributed by atoms with Gasteiger partial charge in [-0.3, -0.25) is 9.59 Å². The Kier molecular flexibility index (Phi) is 5.40. The van der Waals surface area contributed by atoms with Gasteiger partial charge in [-0.15, -0.1) is 0 Å². The first-order valence-electron chi connectivity index (χ1n) is 7.54. The smallest absolute Gasteiger partial charge is 0.240 e. The molecule has 0 aliphatic heterocycles. The average Bonchev–Trinajstić information content (AvgIpc) is 3.29. The molecule has 0 heterocycles. The van der Waals surface area contributed by atoms with Gasteiger partial charge in [-0.1, -0.05) is 31.4 Å². The van der Waals surface area contributed by atoms with Crippen molar-refractivity contribution in [3.8, 4) is 0 Å². The van der Waals surface area contributed by atoms with Crippen LogP contribution in [0.4, 0.5) is 10.1 Å². The number of benzene rings is 1. The van der Waals surface area contributed by atoms with Crippen LogP contribution < -0.4 is 10.6 Å². The van der Waals surface area contributed by atoms with E-state index in [0.29, 0.717) is 25.1 Å². The van der Waals surface area contributed by atoms with Crippen molar-refractivity contribution in [1.82, 2.24) is 5.32 Å². The molecule has 2 rings (SSSR count). The van der Waals surface area contributed by atoms with Crippen LogP contribution in [0.1, 0.15) is 39.0 Å². The van der Waals surface area contributed by atoms with Gasteiger partial charge in [0.1, 0.15) is 11.2 Å². The molecule has 6 heteroatoms. The first kappa shape index (κ1) is 16.7.